The van der Waals surface area contributed by atoms with E-state index in [1.165, 1.54) is 0 Å². The van der Waals surface area contributed by atoms with Crippen molar-refractivity contribution >= 4 is 15.9 Å². The molecule has 0 unspecified atom stereocenters. The van der Waals surface area contributed by atoms with E-state index in [4.69, 9.17) is 0 Å². The molecule has 0 atom stereocenters. The van der Waals surface area contributed by atoms with E-state index in [2.05, 4.69) is 28.0 Å². The predicted molar refractivity (Wildman–Crippen MR) is 55.7 cm³/mol. The summed E-state index contributed by atoms with van der Waals surface area (Å²) < 4.78 is 2.85. The number of hydrogen-bond acceptors (Lipinski definition) is 1. The summed E-state index contributed by atoms with van der Waals surface area (Å²) in [6, 6.07) is 9.84. The average Bonchev–Trinajstić information content (AvgIpc) is 2.52. The van der Waals surface area contributed by atoms with Crippen LogP contribution in [0, 0.1) is 6.92 Å². The summed E-state index contributed by atoms with van der Waals surface area (Å²) in [5, 5.41) is 4.21. The molecular formula is C10H8BrN2. The average molecular weight is 236 g/mol. The first kappa shape index (κ1) is 8.51. The van der Waals surface area contributed by atoms with Crippen molar-refractivity contribution in [2.24, 2.45) is 0 Å². The normalized spacial score (nSPS) is 10.3. The molecule has 0 aliphatic carbocycles. The van der Waals surface area contributed by atoms with Gasteiger partial charge in [-0.15, -0.1) is 0 Å². The monoisotopic (exact) mass is 235 g/mol. The van der Waals surface area contributed by atoms with Crippen molar-refractivity contribution in [2.45, 2.75) is 0 Å². The van der Waals surface area contributed by atoms with Crippen LogP contribution in [0.2, 0.25) is 0 Å². The molecule has 2 aromatic rings. The summed E-state index contributed by atoms with van der Waals surface area (Å²) in [5.41, 5.74) is 1.81. The maximum atomic E-state index is 4.21. The third-order valence-electron chi connectivity index (χ3n) is 1.72. The van der Waals surface area contributed by atoms with Crippen LogP contribution in [0.25, 0.3) is 5.69 Å². The van der Waals surface area contributed by atoms with Gasteiger partial charge in [-0.25, -0.2) is 4.68 Å². The Morgan fingerprint density at radius 1 is 1.31 bits per heavy atom. The summed E-state index contributed by atoms with van der Waals surface area (Å²) >= 11 is 3.41. The molecule has 0 fully saturated rings. The Balaban J connectivity index is 2.46. The lowest BCUT2D eigenvalue weighted by atomic mass is 10.3. The zero-order chi connectivity index (χ0) is 9.26. The fraction of sp³-hybridized carbons (Fsp3) is 0. The Kier molecular flexibility index (Phi) is 2.19. The zero-order valence-corrected chi connectivity index (χ0v) is 8.53. The molecule has 3 heteroatoms. The number of nitrogens with zero attached hydrogens (tertiary/aromatic N) is 2. The van der Waals surface area contributed by atoms with Crippen LogP contribution >= 0.6 is 15.9 Å². The summed E-state index contributed by atoms with van der Waals surface area (Å²) in [5.74, 6) is 0. The molecule has 2 rings (SSSR count). The van der Waals surface area contributed by atoms with Crippen molar-refractivity contribution in [3.63, 3.8) is 0 Å². The molecule has 13 heavy (non-hydrogen) atoms. The van der Waals surface area contributed by atoms with Crippen molar-refractivity contribution in [1.82, 2.24) is 9.78 Å². The van der Waals surface area contributed by atoms with Crippen LogP contribution in [0.5, 0.6) is 0 Å². The van der Waals surface area contributed by atoms with Gasteiger partial charge < -0.3 is 0 Å². The van der Waals surface area contributed by atoms with Gasteiger partial charge in [-0.1, -0.05) is 22.0 Å². The standard InChI is InChI=1S/C10H8BrN2/c1-8-5-6-13(12-8)10-4-2-3-9(11)7-10/h2-7H,1H2. The molecule has 1 aromatic carbocycles. The van der Waals surface area contributed by atoms with Gasteiger partial charge in [0.2, 0.25) is 0 Å². The highest BCUT2D eigenvalue weighted by molar-refractivity contribution is 9.10. The molecule has 0 aliphatic heterocycles. The van der Waals surface area contributed by atoms with E-state index >= 15 is 0 Å². The van der Waals surface area contributed by atoms with E-state index in [1.54, 1.807) is 4.68 Å². The molecule has 0 spiro atoms. The first-order valence-corrected chi connectivity index (χ1v) is 4.68. The summed E-state index contributed by atoms with van der Waals surface area (Å²) in [7, 11) is 0. The molecule has 0 N–H and O–H groups in total. The van der Waals surface area contributed by atoms with Crippen molar-refractivity contribution < 1.29 is 0 Å². The highest BCUT2D eigenvalue weighted by Crippen LogP contribution is 2.14. The zero-order valence-electron chi connectivity index (χ0n) is 6.94. The number of rotatable bonds is 1. The molecule has 0 aliphatic rings. The minimum Gasteiger partial charge on any atom is -0.241 e. The van der Waals surface area contributed by atoms with E-state index in [0.717, 1.165) is 15.9 Å². The van der Waals surface area contributed by atoms with E-state index < -0.39 is 0 Å². The Labute approximate surface area is 85.3 Å². The minimum atomic E-state index is 0.778. The molecule has 2 nitrogen and oxygen atoms in total. The second-order valence-corrected chi connectivity index (χ2v) is 3.65. The van der Waals surface area contributed by atoms with Crippen LogP contribution in [-0.4, -0.2) is 9.78 Å². The quantitative estimate of drug-likeness (QED) is 0.744. The number of halogens is 1. The van der Waals surface area contributed by atoms with Crippen LogP contribution in [0.3, 0.4) is 0 Å². The summed E-state index contributed by atoms with van der Waals surface area (Å²) in [6.45, 7) is 3.75. The predicted octanol–water partition coefficient (Wildman–Crippen LogP) is 2.82. The number of hydrogen-bond donors (Lipinski definition) is 0. The Morgan fingerprint density at radius 2 is 2.15 bits per heavy atom. The smallest absolute Gasteiger partial charge is 0.0656 e. The molecule has 0 saturated heterocycles. The topological polar surface area (TPSA) is 17.8 Å². The molecule has 1 radical (unpaired) electrons. The lowest BCUT2D eigenvalue weighted by Gasteiger charge is -2.00. The maximum absolute atomic E-state index is 4.21. The van der Waals surface area contributed by atoms with Gasteiger partial charge in [0.25, 0.3) is 0 Å². The lowest BCUT2D eigenvalue weighted by Crippen LogP contribution is -1.94. The fourth-order valence-electron chi connectivity index (χ4n) is 1.12. The Morgan fingerprint density at radius 3 is 2.77 bits per heavy atom. The first-order chi connectivity index (χ1) is 6.25. The van der Waals surface area contributed by atoms with Crippen LogP contribution in [0.1, 0.15) is 5.69 Å². The second-order valence-electron chi connectivity index (χ2n) is 2.73. The van der Waals surface area contributed by atoms with Crippen LogP contribution in [0.4, 0.5) is 0 Å². The second kappa shape index (κ2) is 3.34. The van der Waals surface area contributed by atoms with Gasteiger partial charge in [-0.05, 0) is 31.2 Å². The van der Waals surface area contributed by atoms with Crippen molar-refractivity contribution in [1.29, 1.82) is 0 Å². The maximum Gasteiger partial charge on any atom is 0.0656 e. The van der Waals surface area contributed by atoms with Gasteiger partial charge in [0, 0.05) is 10.7 Å². The van der Waals surface area contributed by atoms with Gasteiger partial charge in [0.05, 0.1) is 11.4 Å². The SMILES string of the molecule is [CH2]c1ccn(-c2cccc(Br)c2)n1. The van der Waals surface area contributed by atoms with Crippen molar-refractivity contribution in [3.05, 3.63) is 53.6 Å². The van der Waals surface area contributed by atoms with E-state index in [0.29, 0.717) is 0 Å². The molecule has 0 bridgehead atoms. The third kappa shape index (κ3) is 1.80. The third-order valence-corrected chi connectivity index (χ3v) is 2.21. The molecule has 0 amide bonds. The number of aromatic nitrogens is 2. The highest BCUT2D eigenvalue weighted by Gasteiger charge is 1.97. The largest absolute Gasteiger partial charge is 0.241 e. The minimum absolute atomic E-state index is 0.778. The van der Waals surface area contributed by atoms with E-state index in [1.807, 2.05) is 36.5 Å². The van der Waals surface area contributed by atoms with E-state index in [9.17, 15) is 0 Å². The van der Waals surface area contributed by atoms with Gasteiger partial charge in [0.1, 0.15) is 0 Å². The van der Waals surface area contributed by atoms with Gasteiger partial charge >= 0.3 is 0 Å². The van der Waals surface area contributed by atoms with Crippen molar-refractivity contribution in [3.8, 4) is 5.69 Å². The molecule has 65 valence electrons. The Bertz CT molecular complexity index is 420. The molecule has 1 aromatic heterocycles. The van der Waals surface area contributed by atoms with Crippen LogP contribution < -0.4 is 0 Å². The number of benzene rings is 1. The van der Waals surface area contributed by atoms with Crippen LogP contribution in [0.15, 0.2) is 41.0 Å². The van der Waals surface area contributed by atoms with E-state index in [-0.39, 0.29) is 0 Å². The van der Waals surface area contributed by atoms with Crippen molar-refractivity contribution in [2.75, 3.05) is 0 Å². The van der Waals surface area contributed by atoms with Gasteiger partial charge in [-0.2, -0.15) is 5.10 Å². The summed E-state index contributed by atoms with van der Waals surface area (Å²) in [4.78, 5) is 0. The lowest BCUT2D eigenvalue weighted by molar-refractivity contribution is 0.871. The fourth-order valence-corrected chi connectivity index (χ4v) is 1.51. The molecule has 1 heterocycles. The Hall–Kier alpha value is -1.09. The van der Waals surface area contributed by atoms with Gasteiger partial charge in [0.15, 0.2) is 0 Å². The molecular weight excluding hydrogens is 228 g/mol. The van der Waals surface area contributed by atoms with Crippen LogP contribution in [-0.2, 0) is 0 Å². The van der Waals surface area contributed by atoms with Gasteiger partial charge in [-0.3, -0.25) is 0 Å². The summed E-state index contributed by atoms with van der Waals surface area (Å²) in [6.07, 6.45) is 1.89. The molecule has 0 saturated carbocycles. The highest BCUT2D eigenvalue weighted by atomic mass is 79.9. The first-order valence-electron chi connectivity index (χ1n) is 3.89.